The lowest BCUT2D eigenvalue weighted by Gasteiger charge is -2.01. The van der Waals surface area contributed by atoms with Gasteiger partial charge < -0.3 is 9.97 Å². The van der Waals surface area contributed by atoms with Gasteiger partial charge in [-0.1, -0.05) is 11.6 Å². The Hall–Kier alpha value is -2.18. The van der Waals surface area contributed by atoms with E-state index in [4.69, 9.17) is 11.6 Å². The molecule has 2 heterocycles. The summed E-state index contributed by atoms with van der Waals surface area (Å²) in [4.78, 5) is 40.1. The fourth-order valence-corrected chi connectivity index (χ4v) is 2.84. The zero-order chi connectivity index (χ0) is 14.3. The highest BCUT2D eigenvalue weighted by Gasteiger charge is 2.12. The number of aromatic amines is 2. The second kappa shape index (κ2) is 4.73. The number of carbonyl (C=O) groups is 1. The number of hydrogen-bond acceptors (Lipinski definition) is 4. The lowest BCUT2D eigenvalue weighted by molar-refractivity contribution is 0.104. The van der Waals surface area contributed by atoms with Crippen molar-refractivity contribution in [3.63, 3.8) is 0 Å². The highest BCUT2D eigenvalue weighted by Crippen LogP contribution is 2.24. The van der Waals surface area contributed by atoms with Gasteiger partial charge in [-0.25, -0.2) is 0 Å². The minimum absolute atomic E-state index is 0.184. The smallest absolute Gasteiger partial charge is 0.314 e. The van der Waals surface area contributed by atoms with Crippen LogP contribution in [-0.4, -0.2) is 15.8 Å². The number of H-pyrrole nitrogens is 2. The molecular weight excluding hydrogens is 300 g/mol. The molecule has 0 amide bonds. The Morgan fingerprint density at radius 2 is 1.70 bits per heavy atom. The van der Waals surface area contributed by atoms with Crippen molar-refractivity contribution in [2.75, 3.05) is 0 Å². The van der Waals surface area contributed by atoms with Gasteiger partial charge in [0, 0.05) is 5.56 Å². The maximum absolute atomic E-state index is 12.2. The molecule has 0 fully saturated rings. The molecule has 0 unspecified atom stereocenters. The van der Waals surface area contributed by atoms with Gasteiger partial charge in [-0.15, -0.1) is 11.3 Å². The Morgan fingerprint density at radius 3 is 2.35 bits per heavy atom. The molecule has 0 bridgehead atoms. The lowest BCUT2D eigenvalue weighted by atomic mass is 10.1. The molecule has 0 saturated carbocycles. The number of halogens is 1. The molecule has 0 atom stereocenters. The standard InChI is InChI=1S/C13H7ClN2O3S/c14-10-4-3-9(20-10)11(17)6-1-2-7-8(5-6)16-13(19)12(18)15-7/h1-5H,(H,15,18)(H,16,19). The third-order valence-corrected chi connectivity index (χ3v) is 4.01. The summed E-state index contributed by atoms with van der Waals surface area (Å²) in [6.45, 7) is 0. The Balaban J connectivity index is 2.13. The van der Waals surface area contributed by atoms with E-state index >= 15 is 0 Å². The van der Waals surface area contributed by atoms with Gasteiger partial charge in [0.05, 0.1) is 20.2 Å². The van der Waals surface area contributed by atoms with E-state index in [0.717, 1.165) is 0 Å². The van der Waals surface area contributed by atoms with E-state index in [1.807, 2.05) is 0 Å². The zero-order valence-corrected chi connectivity index (χ0v) is 11.5. The van der Waals surface area contributed by atoms with Crippen LogP contribution in [0.4, 0.5) is 0 Å². The first-order chi connectivity index (χ1) is 9.54. The number of nitrogens with one attached hydrogen (secondary N) is 2. The Morgan fingerprint density at radius 1 is 1.00 bits per heavy atom. The van der Waals surface area contributed by atoms with Crippen LogP contribution in [0.3, 0.4) is 0 Å². The van der Waals surface area contributed by atoms with Crippen LogP contribution in [0.15, 0.2) is 39.9 Å². The average Bonchev–Trinajstić information content (AvgIpc) is 2.85. The van der Waals surface area contributed by atoms with Gasteiger partial charge in [0.25, 0.3) is 0 Å². The lowest BCUT2D eigenvalue weighted by Crippen LogP contribution is -2.28. The van der Waals surface area contributed by atoms with Crippen molar-refractivity contribution in [1.29, 1.82) is 0 Å². The first-order valence-corrected chi connectivity index (χ1v) is 6.80. The van der Waals surface area contributed by atoms with Crippen molar-refractivity contribution in [2.24, 2.45) is 0 Å². The van der Waals surface area contributed by atoms with E-state index in [1.54, 1.807) is 24.3 Å². The molecule has 0 aliphatic heterocycles. The van der Waals surface area contributed by atoms with Gasteiger partial charge in [0.15, 0.2) is 0 Å². The fraction of sp³-hybridized carbons (Fsp3) is 0. The summed E-state index contributed by atoms with van der Waals surface area (Å²) in [6, 6.07) is 8.00. The number of aromatic nitrogens is 2. The van der Waals surface area contributed by atoms with Crippen molar-refractivity contribution in [1.82, 2.24) is 9.97 Å². The summed E-state index contributed by atoms with van der Waals surface area (Å²) in [6.07, 6.45) is 0. The van der Waals surface area contributed by atoms with E-state index in [9.17, 15) is 14.4 Å². The van der Waals surface area contributed by atoms with Gasteiger partial charge in [-0.05, 0) is 30.3 Å². The predicted molar refractivity (Wildman–Crippen MR) is 78.0 cm³/mol. The molecule has 5 nitrogen and oxygen atoms in total. The number of hydrogen-bond donors (Lipinski definition) is 2. The minimum atomic E-state index is -0.749. The third kappa shape index (κ3) is 2.19. The van der Waals surface area contributed by atoms with Crippen molar-refractivity contribution in [3.8, 4) is 0 Å². The molecule has 0 aliphatic carbocycles. The first-order valence-electron chi connectivity index (χ1n) is 5.61. The monoisotopic (exact) mass is 306 g/mol. The molecule has 3 rings (SSSR count). The third-order valence-electron chi connectivity index (χ3n) is 2.78. The molecule has 1 aromatic carbocycles. The summed E-state index contributed by atoms with van der Waals surface area (Å²) < 4.78 is 0.534. The molecule has 0 aliphatic rings. The second-order valence-corrected chi connectivity index (χ2v) is 5.82. The minimum Gasteiger partial charge on any atom is -0.316 e. The highest BCUT2D eigenvalue weighted by atomic mass is 35.5. The molecule has 0 radical (unpaired) electrons. The first kappa shape index (κ1) is 12.8. The van der Waals surface area contributed by atoms with Crippen LogP contribution in [0.1, 0.15) is 15.2 Å². The molecule has 0 saturated heterocycles. The highest BCUT2D eigenvalue weighted by molar-refractivity contribution is 7.18. The van der Waals surface area contributed by atoms with E-state index in [0.29, 0.717) is 25.8 Å². The van der Waals surface area contributed by atoms with Crippen LogP contribution in [0.25, 0.3) is 11.0 Å². The molecule has 20 heavy (non-hydrogen) atoms. The van der Waals surface area contributed by atoms with Crippen molar-refractivity contribution < 1.29 is 4.79 Å². The summed E-state index contributed by atoms with van der Waals surface area (Å²) in [5, 5.41) is 0. The fourth-order valence-electron chi connectivity index (χ4n) is 1.83. The molecule has 3 aromatic rings. The van der Waals surface area contributed by atoms with Crippen LogP contribution in [0, 0.1) is 0 Å². The van der Waals surface area contributed by atoms with E-state index < -0.39 is 11.1 Å². The van der Waals surface area contributed by atoms with Gasteiger partial charge in [-0.2, -0.15) is 0 Å². The average molecular weight is 307 g/mol. The van der Waals surface area contributed by atoms with Crippen molar-refractivity contribution in [3.05, 3.63) is 65.8 Å². The summed E-state index contributed by atoms with van der Waals surface area (Å²) in [5.74, 6) is -0.184. The van der Waals surface area contributed by atoms with Crippen LogP contribution in [0.5, 0.6) is 0 Å². The molecule has 7 heteroatoms. The predicted octanol–water partition coefficient (Wildman–Crippen LogP) is 2.16. The van der Waals surface area contributed by atoms with E-state index in [2.05, 4.69) is 9.97 Å². The second-order valence-electron chi connectivity index (χ2n) is 4.10. The topological polar surface area (TPSA) is 82.8 Å². The van der Waals surface area contributed by atoms with Crippen molar-refractivity contribution >= 4 is 39.8 Å². The normalized spacial score (nSPS) is 10.8. The Kier molecular flexibility index (Phi) is 3.04. The van der Waals surface area contributed by atoms with Crippen LogP contribution in [-0.2, 0) is 0 Å². The molecule has 2 N–H and O–H groups in total. The maximum atomic E-state index is 12.2. The SMILES string of the molecule is O=C(c1ccc2[nH]c(=O)c(=O)[nH]c2c1)c1ccc(Cl)s1. The number of fused-ring (bicyclic) bond motifs is 1. The van der Waals surface area contributed by atoms with E-state index in [-0.39, 0.29) is 5.78 Å². The van der Waals surface area contributed by atoms with Crippen LogP contribution >= 0.6 is 22.9 Å². The Bertz CT molecular complexity index is 938. The maximum Gasteiger partial charge on any atom is 0.314 e. The molecule has 100 valence electrons. The van der Waals surface area contributed by atoms with Gasteiger partial charge in [-0.3, -0.25) is 14.4 Å². The largest absolute Gasteiger partial charge is 0.316 e. The Labute approximate surface area is 120 Å². The van der Waals surface area contributed by atoms with Crippen molar-refractivity contribution in [2.45, 2.75) is 0 Å². The number of rotatable bonds is 2. The number of thiophene rings is 1. The molecular formula is C13H7ClN2O3S. The summed E-state index contributed by atoms with van der Waals surface area (Å²) in [5.41, 5.74) is -0.180. The van der Waals surface area contributed by atoms with Gasteiger partial charge in [0.2, 0.25) is 5.78 Å². The summed E-state index contributed by atoms with van der Waals surface area (Å²) in [7, 11) is 0. The summed E-state index contributed by atoms with van der Waals surface area (Å²) >= 11 is 6.99. The number of carbonyl (C=O) groups excluding carboxylic acids is 1. The molecule has 0 spiro atoms. The van der Waals surface area contributed by atoms with Crippen LogP contribution in [0.2, 0.25) is 4.34 Å². The zero-order valence-electron chi connectivity index (χ0n) is 9.90. The molecule has 2 aromatic heterocycles. The number of benzene rings is 1. The van der Waals surface area contributed by atoms with E-state index in [1.165, 1.54) is 17.4 Å². The number of ketones is 1. The van der Waals surface area contributed by atoms with Gasteiger partial charge in [0.1, 0.15) is 0 Å². The van der Waals surface area contributed by atoms with Crippen LogP contribution < -0.4 is 11.1 Å². The van der Waals surface area contributed by atoms with Gasteiger partial charge >= 0.3 is 11.1 Å². The quantitative estimate of drug-likeness (QED) is 0.562.